The van der Waals surface area contributed by atoms with Crippen molar-refractivity contribution >= 4 is 76.4 Å². The highest BCUT2D eigenvalue weighted by Gasteiger charge is 2.80. The van der Waals surface area contributed by atoms with E-state index in [0.29, 0.717) is 0 Å². The number of rotatable bonds is 17. The summed E-state index contributed by atoms with van der Waals surface area (Å²) >= 11 is 0. The fraction of sp³-hybridized carbons (Fsp3) is 1.00. The van der Waals surface area contributed by atoms with Crippen molar-refractivity contribution in [1.29, 1.82) is 0 Å². The van der Waals surface area contributed by atoms with Crippen molar-refractivity contribution in [3.8, 4) is 0 Å². The van der Waals surface area contributed by atoms with Gasteiger partial charge < -0.3 is 0 Å². The van der Waals surface area contributed by atoms with Crippen molar-refractivity contribution in [2.75, 3.05) is 0 Å². The first-order valence-corrected chi connectivity index (χ1v) is 48.4. The van der Waals surface area contributed by atoms with Crippen molar-refractivity contribution in [2.24, 2.45) is 0 Å². The molecule has 0 nitrogen and oxygen atoms in total. The van der Waals surface area contributed by atoms with E-state index in [9.17, 15) is 0 Å². The average Bonchev–Trinajstić information content (AvgIpc) is 2.76. The second-order valence-corrected chi connectivity index (χ2v) is 99.0. The molecular weight excluding hydrogens is 665 g/mol. The minimum absolute atomic E-state index is 0.311. The van der Waals surface area contributed by atoms with Crippen LogP contribution in [0.15, 0.2) is 0 Å². The second-order valence-electron chi connectivity index (χ2n) is 17.5. The molecule has 0 fully saturated rings. The SMILES string of the molecule is CC(C)[Si](C(C)C)([Si]([Si](C)C)[Si](C)C)[Si](C(C)C)(C(C)C)[Si](C(C)C)(C(C)C)[Si](C(C)C)(C(C)C)[Si]([Si](C)C)[Si](C)C. The van der Waals surface area contributed by atoms with E-state index in [2.05, 4.69) is 163 Å². The molecule has 0 aromatic rings. The summed E-state index contributed by atoms with van der Waals surface area (Å²) in [6.07, 6.45) is 0. The molecule has 0 aliphatic carbocycles. The van der Waals surface area contributed by atoms with Gasteiger partial charge in [0.15, 0.2) is 0 Å². The van der Waals surface area contributed by atoms with Gasteiger partial charge in [0.2, 0.25) is 0 Å². The third kappa shape index (κ3) is 6.46. The molecule has 0 N–H and O–H groups in total. The highest BCUT2D eigenvalue weighted by molar-refractivity contribution is 8.07. The Bertz CT molecular complexity index is 685. The molecule has 0 saturated carbocycles. The number of hydrogen-bond acceptors (Lipinski definition) is 0. The summed E-state index contributed by atoms with van der Waals surface area (Å²) < 4.78 is 0. The van der Waals surface area contributed by atoms with Crippen molar-refractivity contribution in [1.82, 2.24) is 0 Å². The van der Waals surface area contributed by atoms with Crippen molar-refractivity contribution in [3.05, 3.63) is 0 Å². The van der Waals surface area contributed by atoms with E-state index in [1.54, 1.807) is 0 Å². The van der Waals surface area contributed by atoms with Crippen molar-refractivity contribution in [2.45, 2.75) is 207 Å². The maximum atomic E-state index is 2.89. The minimum Gasteiger partial charge on any atom is -0.0739 e. The smallest absolute Gasteiger partial charge is 0.0431 e. The Kier molecular flexibility index (Phi) is 17.4. The molecule has 6 radical (unpaired) electrons. The Morgan fingerprint density at radius 3 is 0.476 bits per heavy atom. The summed E-state index contributed by atoms with van der Waals surface area (Å²) in [4.78, 5) is 0. The average molecular weight is 746 g/mol. The molecule has 0 aromatic carbocycles. The molecule has 248 valence electrons. The number of hydrogen-bond donors (Lipinski definition) is 0. The van der Waals surface area contributed by atoms with Gasteiger partial charge in [-0.2, -0.15) is 0 Å². The third-order valence-electron chi connectivity index (χ3n) is 12.2. The molecule has 0 heterocycles. The van der Waals surface area contributed by atoms with Crippen molar-refractivity contribution < 1.29 is 0 Å². The van der Waals surface area contributed by atoms with Gasteiger partial charge in [0.1, 0.15) is 0 Å². The van der Waals surface area contributed by atoms with Crippen LogP contribution in [-0.2, 0) is 0 Å². The minimum atomic E-state index is -1.87. The van der Waals surface area contributed by atoms with Crippen LogP contribution in [0.25, 0.3) is 0 Å². The first-order valence-electron chi connectivity index (χ1n) is 17.8. The van der Waals surface area contributed by atoms with Crippen molar-refractivity contribution in [3.63, 3.8) is 0 Å². The predicted octanol–water partition coefficient (Wildman–Crippen LogP) is 11.8. The Morgan fingerprint density at radius 1 is 0.262 bits per heavy atom. The maximum Gasteiger partial charge on any atom is 0.0431 e. The fourth-order valence-corrected chi connectivity index (χ4v) is 322. The van der Waals surface area contributed by atoms with Gasteiger partial charge in [-0.05, 0) is 0 Å². The zero-order valence-electron chi connectivity index (χ0n) is 33.6. The highest BCUT2D eigenvalue weighted by Crippen LogP contribution is 2.65. The van der Waals surface area contributed by atoms with Gasteiger partial charge in [-0.15, -0.1) is 0 Å². The first-order chi connectivity index (χ1) is 18.8. The lowest BCUT2D eigenvalue weighted by molar-refractivity contribution is 0.857. The predicted molar refractivity (Wildman–Crippen MR) is 225 cm³/mol. The lowest BCUT2D eigenvalue weighted by Gasteiger charge is -2.77. The summed E-state index contributed by atoms with van der Waals surface area (Å²) in [6, 6.07) is 0. The highest BCUT2D eigenvalue weighted by atomic mass is 30.2. The van der Waals surface area contributed by atoms with E-state index in [1.165, 1.54) is 0 Å². The van der Waals surface area contributed by atoms with Gasteiger partial charge in [0.25, 0.3) is 0 Å². The van der Waals surface area contributed by atoms with Crippen LogP contribution in [0.2, 0.25) is 96.7 Å². The van der Waals surface area contributed by atoms with E-state index in [1.807, 2.05) is 0 Å². The zero-order chi connectivity index (χ0) is 34.1. The van der Waals surface area contributed by atoms with Gasteiger partial charge in [0, 0.05) is 76.4 Å². The largest absolute Gasteiger partial charge is 0.0739 e. The van der Waals surface area contributed by atoms with Crippen LogP contribution in [0.4, 0.5) is 0 Å². The molecule has 0 bridgehead atoms. The summed E-state index contributed by atoms with van der Waals surface area (Å²) in [5, 5.41) is 0. The van der Waals surface area contributed by atoms with E-state index in [-0.39, 0.29) is 48.0 Å². The second kappa shape index (κ2) is 16.5. The molecule has 0 amide bonds. The van der Waals surface area contributed by atoms with Crippen LogP contribution in [-0.4, -0.2) is 76.4 Å². The van der Waals surface area contributed by atoms with Crippen LogP contribution >= 0.6 is 0 Å². The Morgan fingerprint density at radius 2 is 0.405 bits per heavy atom. The van der Waals surface area contributed by atoms with Gasteiger partial charge in [-0.3, -0.25) is 0 Å². The molecule has 0 rings (SSSR count). The molecule has 10 heteroatoms. The molecule has 0 aliphatic heterocycles. The van der Waals surface area contributed by atoms with Crippen LogP contribution in [0.5, 0.6) is 0 Å². The molecule has 0 unspecified atom stereocenters. The molecule has 0 aromatic heterocycles. The summed E-state index contributed by atoms with van der Waals surface area (Å²) in [5.41, 5.74) is 7.57. The standard InChI is InChI=1S/C32H80Si10/c1-25(2)39(26(3)4,37(33(17)18)34(19)20)41(29(9)10,30(11)12)42(31(13)14,32(15)16)40(27(5)6,28(7)8)38(35(21)22)36(23)24/h25-32H,1-24H3. The van der Waals surface area contributed by atoms with Crippen LogP contribution in [0.1, 0.15) is 111 Å². The Balaban J connectivity index is 9.69. The van der Waals surface area contributed by atoms with Gasteiger partial charge in [-0.25, -0.2) is 0 Å². The summed E-state index contributed by atoms with van der Waals surface area (Å²) in [7, 11) is -9.15. The molecular formula is C32H80Si10. The lowest BCUT2D eigenvalue weighted by atomic mass is 10.5. The quantitative estimate of drug-likeness (QED) is 0.130. The molecule has 0 spiro atoms. The van der Waals surface area contributed by atoms with E-state index in [0.717, 1.165) is 44.3 Å². The zero-order valence-corrected chi connectivity index (χ0v) is 43.6. The Hall–Kier alpha value is 2.17. The van der Waals surface area contributed by atoms with Gasteiger partial charge >= 0.3 is 0 Å². The molecule has 42 heavy (non-hydrogen) atoms. The molecule has 0 aliphatic rings. The van der Waals surface area contributed by atoms with E-state index >= 15 is 0 Å². The van der Waals surface area contributed by atoms with Gasteiger partial charge in [0.05, 0.1) is 0 Å². The van der Waals surface area contributed by atoms with E-state index in [4.69, 9.17) is 0 Å². The maximum absolute atomic E-state index is 2.89. The topological polar surface area (TPSA) is 0 Å². The first kappa shape index (κ1) is 44.2. The third-order valence-corrected chi connectivity index (χ3v) is 187. The summed E-state index contributed by atoms with van der Waals surface area (Å²) in [6.45, 7) is 68.6. The van der Waals surface area contributed by atoms with Crippen LogP contribution in [0.3, 0.4) is 0 Å². The monoisotopic (exact) mass is 744 g/mol. The lowest BCUT2D eigenvalue weighted by Crippen LogP contribution is -2.99. The van der Waals surface area contributed by atoms with E-state index < -0.39 is 28.4 Å². The van der Waals surface area contributed by atoms with Gasteiger partial charge in [-0.1, -0.05) is 207 Å². The van der Waals surface area contributed by atoms with Crippen LogP contribution < -0.4 is 0 Å². The normalized spacial score (nSPS) is 15.3. The molecule has 0 saturated heterocycles. The summed E-state index contributed by atoms with van der Waals surface area (Å²) in [5.74, 6) is 0. The van der Waals surface area contributed by atoms with Crippen LogP contribution in [0, 0.1) is 0 Å². The molecule has 0 atom stereocenters. The Labute approximate surface area is 282 Å². The fourth-order valence-electron chi connectivity index (χ4n) is 13.3.